The molecular weight excluding hydrogens is 535 g/mol. The van der Waals surface area contributed by atoms with E-state index < -0.39 is 29.3 Å². The van der Waals surface area contributed by atoms with Crippen molar-refractivity contribution in [1.29, 1.82) is 0 Å². The van der Waals surface area contributed by atoms with Crippen molar-refractivity contribution in [3.8, 4) is 0 Å². The Kier molecular flexibility index (Phi) is 10.5. The Morgan fingerprint density at radius 1 is 0.590 bits per heavy atom. The van der Waals surface area contributed by atoms with Crippen LogP contribution in [0.25, 0.3) is 0 Å². The van der Waals surface area contributed by atoms with E-state index in [2.05, 4.69) is 72.8 Å². The molecule has 0 bridgehead atoms. The van der Waals surface area contributed by atoms with Crippen molar-refractivity contribution in [1.82, 2.24) is 0 Å². The van der Waals surface area contributed by atoms with Crippen LogP contribution in [-0.2, 0) is 10.1 Å². The van der Waals surface area contributed by atoms with E-state index >= 15 is 0 Å². The second kappa shape index (κ2) is 13.8. The summed E-state index contributed by atoms with van der Waals surface area (Å²) in [5.41, 5.74) is -0.0372. The number of carboxylic acids is 2. The van der Waals surface area contributed by atoms with Crippen molar-refractivity contribution in [3.05, 3.63) is 126 Å². The molecule has 4 rings (SSSR count). The van der Waals surface area contributed by atoms with Crippen LogP contribution in [0.5, 0.6) is 0 Å². The van der Waals surface area contributed by atoms with Gasteiger partial charge in [0.1, 0.15) is 0 Å². The van der Waals surface area contributed by atoms with Crippen molar-refractivity contribution in [2.45, 2.75) is 12.8 Å². The van der Waals surface area contributed by atoms with Crippen LogP contribution >= 0.6 is 7.26 Å². The first-order chi connectivity index (χ1) is 18.6. The number of hydrogen-bond donors (Lipinski definition) is 3. The molecule has 0 atom stereocenters. The molecule has 0 amide bonds. The van der Waals surface area contributed by atoms with Gasteiger partial charge in [-0.25, -0.2) is 9.59 Å². The van der Waals surface area contributed by atoms with Crippen LogP contribution in [0.1, 0.15) is 33.6 Å². The fourth-order valence-corrected chi connectivity index (χ4v) is 10.1. The van der Waals surface area contributed by atoms with E-state index in [0.717, 1.165) is 18.6 Å². The van der Waals surface area contributed by atoms with E-state index in [1.165, 1.54) is 34.1 Å². The molecule has 0 unspecified atom stereocenters. The Morgan fingerprint density at radius 3 is 1.31 bits per heavy atom. The molecule has 4 aromatic rings. The van der Waals surface area contributed by atoms with Gasteiger partial charge in [-0.3, -0.25) is 0 Å². The van der Waals surface area contributed by atoms with Gasteiger partial charge in [-0.05, 0) is 18.2 Å². The predicted molar refractivity (Wildman–Crippen MR) is 157 cm³/mol. The van der Waals surface area contributed by atoms with E-state index in [1.54, 1.807) is 0 Å². The Morgan fingerprint density at radius 2 is 0.974 bits per heavy atom. The molecule has 39 heavy (non-hydrogen) atoms. The van der Waals surface area contributed by atoms with Crippen molar-refractivity contribution in [2.24, 2.45) is 0 Å². The van der Waals surface area contributed by atoms with Crippen LogP contribution in [0.3, 0.4) is 0 Å². The van der Waals surface area contributed by atoms with E-state index in [1.807, 2.05) is 18.2 Å². The average Bonchev–Trinajstić information content (AvgIpc) is 2.94. The molecule has 0 aliphatic heterocycles. The zero-order valence-corrected chi connectivity index (χ0v) is 23.0. The molecule has 0 radical (unpaired) electrons. The van der Waals surface area contributed by atoms with Gasteiger partial charge in [-0.2, -0.15) is 0 Å². The summed E-state index contributed by atoms with van der Waals surface area (Å²) >= 11 is 0. The third-order valence-corrected chi connectivity index (χ3v) is 12.2. The molecule has 0 fully saturated rings. The molecule has 0 aromatic heterocycles. The maximum atomic E-state index is 11.1. The van der Waals surface area contributed by atoms with Crippen LogP contribution in [-0.4, -0.2) is 47.0 Å². The van der Waals surface area contributed by atoms with Crippen molar-refractivity contribution in [3.63, 3.8) is 0 Å². The zero-order chi connectivity index (χ0) is 28.3. The minimum atomic E-state index is -3.92. The minimum absolute atomic E-state index is 0.0186. The molecule has 0 saturated heterocycles. The van der Waals surface area contributed by atoms with Gasteiger partial charge in [0.2, 0.25) is 0 Å². The quantitative estimate of drug-likeness (QED) is 0.147. The monoisotopic (exact) mass is 566 g/mol. The fourth-order valence-electron chi connectivity index (χ4n) is 4.56. The number of hydrogen-bond acceptors (Lipinski definition) is 4. The molecule has 3 N–H and O–H groups in total. The summed E-state index contributed by atoms with van der Waals surface area (Å²) in [6.45, 7) is 0. The van der Waals surface area contributed by atoms with Crippen LogP contribution in [0.2, 0.25) is 0 Å². The third kappa shape index (κ3) is 8.32. The average molecular weight is 567 g/mol. The van der Waals surface area contributed by atoms with Gasteiger partial charge >= 0.3 is 174 Å². The summed E-state index contributed by atoms with van der Waals surface area (Å²) in [6.07, 6.45) is 2.09. The maximum absolute atomic E-state index is 11.1. The van der Waals surface area contributed by atoms with Gasteiger partial charge in [0.05, 0.1) is 11.1 Å². The summed E-state index contributed by atoms with van der Waals surface area (Å²) in [4.78, 5) is 20.8. The third-order valence-electron chi connectivity index (χ3n) is 6.36. The summed E-state index contributed by atoms with van der Waals surface area (Å²) in [5, 5.41) is 20.9. The second-order valence-electron chi connectivity index (χ2n) is 8.94. The number of carbonyl (C=O) groups is 2. The van der Waals surface area contributed by atoms with Crippen molar-refractivity contribution >= 4 is 45.2 Å². The molecule has 0 heterocycles. The Hall–Kier alpha value is -3.84. The molecule has 0 aliphatic carbocycles. The Labute approximate surface area is 228 Å². The molecule has 0 spiro atoms. The molecule has 0 saturated carbocycles. The number of unbranched alkanes of at least 4 members (excludes halogenated alkanes) is 1. The van der Waals surface area contributed by atoms with E-state index in [9.17, 15) is 18.0 Å². The van der Waals surface area contributed by atoms with E-state index in [0.29, 0.717) is 6.42 Å². The summed E-state index contributed by atoms with van der Waals surface area (Å²) in [6, 6.07) is 36.8. The first-order valence-electron chi connectivity index (χ1n) is 12.3. The van der Waals surface area contributed by atoms with Gasteiger partial charge in [0.25, 0.3) is 0 Å². The van der Waals surface area contributed by atoms with Crippen LogP contribution in [0.15, 0.2) is 115 Å². The predicted octanol–water partition coefficient (Wildman–Crippen LogP) is 4.46. The van der Waals surface area contributed by atoms with Crippen LogP contribution < -0.4 is 15.9 Å². The van der Waals surface area contributed by atoms with E-state index in [-0.39, 0.29) is 16.9 Å². The summed E-state index contributed by atoms with van der Waals surface area (Å²) in [5.74, 6) is -2.44. The Bertz CT molecular complexity index is 1350. The molecular formula is C30H31O7PS. The van der Waals surface area contributed by atoms with Crippen LogP contribution in [0.4, 0.5) is 0 Å². The summed E-state index contributed by atoms with van der Waals surface area (Å²) < 4.78 is 31.3. The molecule has 4 aromatic carbocycles. The van der Waals surface area contributed by atoms with Crippen molar-refractivity contribution < 1.29 is 32.8 Å². The normalized spacial score (nSPS) is 11.6. The van der Waals surface area contributed by atoms with Gasteiger partial charge in [-0.1, -0.05) is 6.07 Å². The topological polar surface area (TPSA) is 129 Å². The SMILES string of the molecule is O=C(O)c1cccc(C(=O)O)c1.O=S(=O)(O)CCCC[PH](c1ccccc1)(c1ccccc1)c1ccccc1. The summed E-state index contributed by atoms with van der Waals surface area (Å²) in [7, 11) is -6.22. The second-order valence-corrected chi connectivity index (χ2v) is 14.6. The number of rotatable bonds is 10. The van der Waals surface area contributed by atoms with Gasteiger partial charge < -0.3 is 10.2 Å². The molecule has 204 valence electrons. The standard InChI is InChI=1S/C22H25O3PS.C8H6O4/c23-27(24,25)19-11-10-18-26(20-12-4-1-5-13-20,21-14-6-2-7-15-21)22-16-8-3-9-17-22;9-7(10)5-2-1-3-6(4-5)8(11)12/h1-9,12-17,26H,10-11,18-19H2,(H,23,24,25);1-4H,(H,9,10)(H,11,12). The number of carboxylic acid groups (broad SMARTS) is 2. The number of benzene rings is 4. The van der Waals surface area contributed by atoms with Gasteiger partial charge in [0.15, 0.2) is 0 Å². The van der Waals surface area contributed by atoms with Crippen LogP contribution in [0, 0.1) is 0 Å². The zero-order valence-electron chi connectivity index (χ0n) is 21.2. The van der Waals surface area contributed by atoms with Crippen molar-refractivity contribution in [2.75, 3.05) is 11.9 Å². The number of aromatic carboxylic acids is 2. The molecule has 7 nitrogen and oxygen atoms in total. The fraction of sp³-hybridized carbons (Fsp3) is 0.133. The molecule has 9 heteroatoms. The molecule has 0 aliphatic rings. The first-order valence-corrected chi connectivity index (χ1v) is 16.1. The first kappa shape index (κ1) is 29.7. The van der Waals surface area contributed by atoms with Gasteiger partial charge in [0, 0.05) is 0 Å². The Balaban J connectivity index is 0.000000293. The van der Waals surface area contributed by atoms with Gasteiger partial charge in [-0.15, -0.1) is 0 Å². The van der Waals surface area contributed by atoms with E-state index in [4.69, 9.17) is 14.8 Å².